The monoisotopic (exact) mass is 539 g/mol. The Bertz CT molecular complexity index is 942. The highest BCUT2D eigenvalue weighted by Gasteiger charge is 2.31. The van der Waals surface area contributed by atoms with Gasteiger partial charge in [0.05, 0.1) is 12.5 Å². The normalized spacial score (nSPS) is 14.2. The Hall–Kier alpha value is -3.32. The summed E-state index contributed by atoms with van der Waals surface area (Å²) in [5.74, 6) is -3.77. The Morgan fingerprint density at radius 3 is 1.97 bits per heavy atom. The van der Waals surface area contributed by atoms with Gasteiger partial charge in [-0.25, -0.2) is 4.79 Å². The first-order valence-corrected chi connectivity index (χ1v) is 13.2. The maximum Gasteiger partial charge on any atom is 0.326 e. The number of nitrogens with two attached hydrogens (primary N) is 2. The summed E-state index contributed by atoms with van der Waals surface area (Å²) in [5, 5.41) is 26.2. The molecule has 0 heterocycles. The summed E-state index contributed by atoms with van der Waals surface area (Å²) in [7, 11) is 0. The molecule has 206 valence electrons. The van der Waals surface area contributed by atoms with Crippen LogP contribution in [-0.2, 0) is 30.4 Å². The molecule has 9 N–H and O–H groups in total. The minimum Gasteiger partial charge on any atom is -0.508 e. The van der Waals surface area contributed by atoms with Crippen molar-refractivity contribution in [3.63, 3.8) is 0 Å². The average Bonchev–Trinajstić information content (AvgIpc) is 2.81. The summed E-state index contributed by atoms with van der Waals surface area (Å²) in [6.45, 7) is 3.64. The van der Waals surface area contributed by atoms with Crippen LogP contribution >= 0.6 is 11.8 Å². The molecule has 0 aliphatic rings. The molecule has 0 aliphatic carbocycles. The molecule has 0 radical (unpaired) electrons. The van der Waals surface area contributed by atoms with E-state index >= 15 is 0 Å². The summed E-state index contributed by atoms with van der Waals surface area (Å²) >= 11 is 1.42. The fourth-order valence-electron chi connectivity index (χ4n) is 3.41. The van der Waals surface area contributed by atoms with Crippen molar-refractivity contribution in [1.29, 1.82) is 0 Å². The lowest BCUT2D eigenvalue weighted by Crippen LogP contribution is -2.58. The van der Waals surface area contributed by atoms with E-state index in [1.807, 2.05) is 13.8 Å². The largest absolute Gasteiger partial charge is 0.508 e. The fourth-order valence-corrected chi connectivity index (χ4v) is 3.88. The molecule has 1 rings (SSSR count). The van der Waals surface area contributed by atoms with Crippen LogP contribution in [0.4, 0.5) is 0 Å². The number of phenolic OH excluding ortho intramolecular Hbond substituents is 1. The number of aliphatic carboxylic acids is 1. The van der Waals surface area contributed by atoms with E-state index in [-0.39, 0.29) is 30.9 Å². The molecule has 0 saturated heterocycles. The number of primary amides is 1. The smallest absolute Gasteiger partial charge is 0.326 e. The van der Waals surface area contributed by atoms with Crippen LogP contribution in [0.25, 0.3) is 0 Å². The third-order valence-electron chi connectivity index (χ3n) is 5.33. The maximum absolute atomic E-state index is 13.0. The minimum atomic E-state index is -1.40. The van der Waals surface area contributed by atoms with Crippen LogP contribution in [0.2, 0.25) is 0 Å². The number of carboxylic acid groups (broad SMARTS) is 1. The number of carbonyl (C=O) groups excluding carboxylic acids is 4. The van der Waals surface area contributed by atoms with Gasteiger partial charge in [0.2, 0.25) is 23.6 Å². The highest BCUT2D eigenvalue weighted by Crippen LogP contribution is 2.11. The highest BCUT2D eigenvalue weighted by atomic mass is 32.2. The Kier molecular flexibility index (Phi) is 13.5. The minimum absolute atomic E-state index is 0.00147. The second-order valence-electron chi connectivity index (χ2n) is 9.08. The number of aromatic hydroxyl groups is 1. The molecule has 1 aromatic rings. The van der Waals surface area contributed by atoms with Gasteiger partial charge in [0.1, 0.15) is 23.9 Å². The van der Waals surface area contributed by atoms with Crippen LogP contribution in [0.3, 0.4) is 0 Å². The summed E-state index contributed by atoms with van der Waals surface area (Å²) in [6, 6.07) is 1.36. The number of amides is 4. The molecule has 4 atom stereocenters. The summed E-state index contributed by atoms with van der Waals surface area (Å²) in [5.41, 5.74) is 11.9. The van der Waals surface area contributed by atoms with Gasteiger partial charge in [0.15, 0.2) is 0 Å². The Balaban J connectivity index is 2.95. The Morgan fingerprint density at radius 2 is 1.46 bits per heavy atom. The first kappa shape index (κ1) is 31.7. The Morgan fingerprint density at radius 1 is 0.919 bits per heavy atom. The quantitative estimate of drug-likeness (QED) is 0.144. The number of nitrogens with one attached hydrogen (secondary N) is 3. The first-order valence-electron chi connectivity index (χ1n) is 11.8. The lowest BCUT2D eigenvalue weighted by Gasteiger charge is -2.25. The first-order chi connectivity index (χ1) is 17.3. The van der Waals surface area contributed by atoms with Crippen molar-refractivity contribution in [1.82, 2.24) is 16.0 Å². The topological polar surface area (TPSA) is 214 Å². The van der Waals surface area contributed by atoms with Gasteiger partial charge in [-0.1, -0.05) is 26.0 Å². The van der Waals surface area contributed by atoms with E-state index in [2.05, 4.69) is 16.0 Å². The van der Waals surface area contributed by atoms with E-state index in [1.165, 1.54) is 23.9 Å². The van der Waals surface area contributed by atoms with Crippen LogP contribution in [0, 0.1) is 5.92 Å². The zero-order valence-corrected chi connectivity index (χ0v) is 22.0. The molecular weight excluding hydrogens is 502 g/mol. The average molecular weight is 540 g/mol. The molecule has 0 bridgehead atoms. The van der Waals surface area contributed by atoms with Gasteiger partial charge in [0.25, 0.3) is 0 Å². The second kappa shape index (κ2) is 15.7. The predicted molar refractivity (Wildman–Crippen MR) is 139 cm³/mol. The summed E-state index contributed by atoms with van der Waals surface area (Å²) in [4.78, 5) is 61.7. The maximum atomic E-state index is 13.0. The molecule has 37 heavy (non-hydrogen) atoms. The Labute approximate surface area is 220 Å². The molecule has 0 fully saturated rings. The molecule has 4 unspecified atom stereocenters. The number of thioether (sulfide) groups is 1. The predicted octanol–water partition coefficient (Wildman–Crippen LogP) is -0.524. The van der Waals surface area contributed by atoms with Gasteiger partial charge >= 0.3 is 5.97 Å². The summed E-state index contributed by atoms with van der Waals surface area (Å²) in [6.07, 6.45) is 1.75. The van der Waals surface area contributed by atoms with Crippen LogP contribution in [0.15, 0.2) is 24.3 Å². The number of carboxylic acids is 1. The van der Waals surface area contributed by atoms with Crippen LogP contribution < -0.4 is 27.4 Å². The number of rotatable bonds is 16. The lowest BCUT2D eigenvalue weighted by molar-refractivity contribution is -0.143. The highest BCUT2D eigenvalue weighted by molar-refractivity contribution is 7.98. The number of benzene rings is 1. The number of carbonyl (C=O) groups is 5. The van der Waals surface area contributed by atoms with Crippen molar-refractivity contribution in [3.8, 4) is 5.75 Å². The fraction of sp³-hybridized carbons (Fsp3) is 0.542. The van der Waals surface area contributed by atoms with Crippen molar-refractivity contribution >= 4 is 41.4 Å². The third kappa shape index (κ3) is 12.0. The van der Waals surface area contributed by atoms with Crippen molar-refractivity contribution in [2.24, 2.45) is 17.4 Å². The summed E-state index contributed by atoms with van der Waals surface area (Å²) < 4.78 is 0. The molecule has 4 amide bonds. The number of hydrogen-bond donors (Lipinski definition) is 7. The SMILES string of the molecule is CSCCC(NC(=O)C(CC(N)=O)NC(=O)C(N)Cc1ccc(O)cc1)C(=O)NC(CC(C)C)C(=O)O. The van der Waals surface area contributed by atoms with E-state index in [0.29, 0.717) is 11.3 Å². The number of phenols is 1. The van der Waals surface area contributed by atoms with Gasteiger partial charge in [-0.15, -0.1) is 0 Å². The molecule has 12 nitrogen and oxygen atoms in total. The molecule has 0 aromatic heterocycles. The van der Waals surface area contributed by atoms with E-state index in [1.54, 1.807) is 18.4 Å². The molecule has 13 heteroatoms. The molecule has 0 saturated carbocycles. The molecule has 1 aromatic carbocycles. The number of hydrogen-bond acceptors (Lipinski definition) is 8. The zero-order chi connectivity index (χ0) is 28.1. The zero-order valence-electron chi connectivity index (χ0n) is 21.2. The molecule has 0 aliphatic heterocycles. The second-order valence-corrected chi connectivity index (χ2v) is 10.1. The van der Waals surface area contributed by atoms with E-state index in [0.717, 1.165) is 0 Å². The lowest BCUT2D eigenvalue weighted by atomic mass is 10.0. The van der Waals surface area contributed by atoms with E-state index in [9.17, 15) is 34.2 Å². The van der Waals surface area contributed by atoms with Gasteiger partial charge in [-0.2, -0.15) is 11.8 Å². The third-order valence-corrected chi connectivity index (χ3v) is 5.98. The molecular formula is C24H37N5O7S. The van der Waals surface area contributed by atoms with Crippen molar-refractivity contribution in [2.45, 2.75) is 63.7 Å². The van der Waals surface area contributed by atoms with Crippen LogP contribution in [-0.4, -0.2) is 76.0 Å². The molecule has 0 spiro atoms. The van der Waals surface area contributed by atoms with E-state index in [4.69, 9.17) is 11.5 Å². The van der Waals surface area contributed by atoms with Gasteiger partial charge < -0.3 is 37.6 Å². The van der Waals surface area contributed by atoms with Gasteiger partial charge in [-0.3, -0.25) is 19.2 Å². The van der Waals surface area contributed by atoms with E-state index < -0.39 is 60.2 Å². The van der Waals surface area contributed by atoms with Gasteiger partial charge in [0, 0.05) is 0 Å². The van der Waals surface area contributed by atoms with Crippen molar-refractivity contribution in [2.75, 3.05) is 12.0 Å². The van der Waals surface area contributed by atoms with Gasteiger partial charge in [-0.05, 0) is 54.9 Å². The van der Waals surface area contributed by atoms with Crippen molar-refractivity contribution < 1.29 is 34.2 Å². The van der Waals surface area contributed by atoms with Crippen molar-refractivity contribution in [3.05, 3.63) is 29.8 Å². The standard InChI is InChI=1S/C24H37N5O7S/c1-13(2)10-19(24(35)36)29-22(33)17(8-9-37-3)27-23(34)18(12-20(26)31)28-21(32)16(25)11-14-4-6-15(30)7-5-14/h4-7,13,16-19,30H,8-12,25H2,1-3H3,(H2,26,31)(H,27,34)(H,28,32)(H,29,33)(H,35,36). The van der Waals surface area contributed by atoms with Crippen LogP contribution in [0.5, 0.6) is 5.75 Å². The van der Waals surface area contributed by atoms with Crippen LogP contribution in [0.1, 0.15) is 38.7 Å².